The van der Waals surface area contributed by atoms with Gasteiger partial charge in [-0.1, -0.05) is 80.2 Å². The van der Waals surface area contributed by atoms with Gasteiger partial charge in [0.05, 0.1) is 0 Å². The summed E-state index contributed by atoms with van der Waals surface area (Å²) in [5.41, 5.74) is 6.46. The van der Waals surface area contributed by atoms with Crippen molar-refractivity contribution in [2.24, 2.45) is 5.92 Å². The van der Waals surface area contributed by atoms with E-state index in [1.807, 2.05) is 6.08 Å². The number of nitrogens with zero attached hydrogens (tertiary/aromatic N) is 1. The number of aryl methyl sites for hydroxylation is 1. The van der Waals surface area contributed by atoms with Crippen molar-refractivity contribution in [2.45, 2.75) is 33.9 Å². The molecule has 0 bridgehead atoms. The van der Waals surface area contributed by atoms with Crippen LogP contribution in [0.4, 0.5) is 0 Å². The standard InChI is InChI=1S/C27H35NOSi/c1-9-15-29-26-23(22-13-11-10-12-14-22)16-19(2)17-25(26)30(7,8)27-21(4)20(3)18-24(27)28(5)6/h9-14,16-18,21H,1,15H2,2-8H3. The fourth-order valence-electron chi connectivity index (χ4n) is 4.61. The van der Waals surface area contributed by atoms with E-state index in [0.29, 0.717) is 12.5 Å². The van der Waals surface area contributed by atoms with Crippen LogP contribution in [0.1, 0.15) is 19.4 Å². The molecule has 0 spiro atoms. The second-order valence-electron chi connectivity index (χ2n) is 9.08. The topological polar surface area (TPSA) is 12.5 Å². The maximum atomic E-state index is 6.39. The number of hydrogen-bond donors (Lipinski definition) is 0. The zero-order valence-electron chi connectivity index (χ0n) is 19.5. The fourth-order valence-corrected chi connectivity index (χ4v) is 8.51. The molecule has 0 amide bonds. The van der Waals surface area contributed by atoms with E-state index >= 15 is 0 Å². The highest BCUT2D eigenvalue weighted by molar-refractivity contribution is 6.96. The molecule has 2 nitrogen and oxygen atoms in total. The molecule has 3 heteroatoms. The van der Waals surface area contributed by atoms with Crippen molar-refractivity contribution in [3.63, 3.8) is 0 Å². The number of likely N-dealkylation sites (N-methyl/N-ethyl adjacent to an activating group) is 1. The molecule has 2 aromatic rings. The third-order valence-electron chi connectivity index (χ3n) is 6.25. The first-order valence-electron chi connectivity index (χ1n) is 10.7. The molecule has 0 radical (unpaired) electrons. The van der Waals surface area contributed by atoms with Crippen LogP contribution in [0.15, 0.2) is 77.7 Å². The molecule has 1 atom stereocenters. The minimum atomic E-state index is -2.04. The lowest BCUT2D eigenvalue weighted by atomic mass is 10.0. The first-order valence-corrected chi connectivity index (χ1v) is 13.7. The van der Waals surface area contributed by atoms with E-state index < -0.39 is 8.07 Å². The van der Waals surface area contributed by atoms with Gasteiger partial charge in [0.2, 0.25) is 0 Å². The van der Waals surface area contributed by atoms with Gasteiger partial charge in [0.25, 0.3) is 0 Å². The second kappa shape index (κ2) is 8.69. The molecule has 1 unspecified atom stereocenters. The second-order valence-corrected chi connectivity index (χ2v) is 13.4. The molecule has 0 saturated heterocycles. The fraction of sp³-hybridized carbons (Fsp3) is 0.333. The van der Waals surface area contributed by atoms with E-state index in [1.54, 1.807) is 5.20 Å². The highest BCUT2D eigenvalue weighted by atomic mass is 28.3. The molecule has 0 N–H and O–H groups in total. The van der Waals surface area contributed by atoms with Crippen molar-refractivity contribution < 1.29 is 4.74 Å². The molecular formula is C27H35NOSi. The van der Waals surface area contributed by atoms with E-state index in [2.05, 4.69) is 108 Å². The molecule has 158 valence electrons. The molecule has 1 aliphatic carbocycles. The summed E-state index contributed by atoms with van der Waals surface area (Å²) >= 11 is 0. The quantitative estimate of drug-likeness (QED) is 0.399. The Morgan fingerprint density at radius 2 is 1.77 bits per heavy atom. The first-order chi connectivity index (χ1) is 14.2. The van der Waals surface area contributed by atoms with Crippen molar-refractivity contribution in [1.82, 2.24) is 4.90 Å². The van der Waals surface area contributed by atoms with Crippen LogP contribution < -0.4 is 9.92 Å². The van der Waals surface area contributed by atoms with E-state index in [0.717, 1.165) is 5.75 Å². The smallest absolute Gasteiger partial charge is 0.127 e. The van der Waals surface area contributed by atoms with E-state index in [4.69, 9.17) is 4.74 Å². The van der Waals surface area contributed by atoms with Gasteiger partial charge in [-0.3, -0.25) is 0 Å². The molecule has 3 rings (SSSR count). The number of allylic oxidation sites excluding steroid dienone is 3. The zero-order valence-corrected chi connectivity index (χ0v) is 20.5. The number of benzene rings is 2. The van der Waals surface area contributed by atoms with Crippen LogP contribution >= 0.6 is 0 Å². The summed E-state index contributed by atoms with van der Waals surface area (Å²) in [5.74, 6) is 1.47. The van der Waals surface area contributed by atoms with Crippen molar-refractivity contribution >= 4 is 13.3 Å². The number of ether oxygens (including phenoxy) is 1. The molecule has 0 aliphatic heterocycles. The molecule has 0 saturated carbocycles. The minimum absolute atomic E-state index is 0.456. The average molecular weight is 418 g/mol. The van der Waals surface area contributed by atoms with E-state index in [9.17, 15) is 0 Å². The molecular weight excluding hydrogens is 382 g/mol. The Bertz CT molecular complexity index is 999. The minimum Gasteiger partial charge on any atom is -0.489 e. The van der Waals surface area contributed by atoms with Gasteiger partial charge < -0.3 is 9.64 Å². The molecule has 0 aromatic heterocycles. The van der Waals surface area contributed by atoms with Gasteiger partial charge >= 0.3 is 0 Å². The van der Waals surface area contributed by atoms with Gasteiger partial charge in [0, 0.05) is 25.4 Å². The average Bonchev–Trinajstić information content (AvgIpc) is 3.02. The summed E-state index contributed by atoms with van der Waals surface area (Å²) in [6.45, 7) is 16.1. The number of hydrogen-bond acceptors (Lipinski definition) is 2. The van der Waals surface area contributed by atoms with Crippen molar-refractivity contribution in [3.8, 4) is 16.9 Å². The predicted molar refractivity (Wildman–Crippen MR) is 133 cm³/mol. The summed E-state index contributed by atoms with van der Waals surface area (Å²) in [4.78, 5) is 2.27. The Morgan fingerprint density at radius 3 is 2.37 bits per heavy atom. The van der Waals surface area contributed by atoms with Gasteiger partial charge in [-0.25, -0.2) is 0 Å². The first kappa shape index (κ1) is 22.2. The molecule has 0 fully saturated rings. The van der Waals surface area contributed by atoms with Crippen LogP contribution in [-0.4, -0.2) is 33.7 Å². The lowest BCUT2D eigenvalue weighted by Crippen LogP contribution is -2.47. The largest absolute Gasteiger partial charge is 0.489 e. The molecule has 30 heavy (non-hydrogen) atoms. The summed E-state index contributed by atoms with van der Waals surface area (Å²) in [7, 11) is 2.27. The lowest BCUT2D eigenvalue weighted by Gasteiger charge is -2.34. The monoisotopic (exact) mass is 417 g/mol. The van der Waals surface area contributed by atoms with Crippen LogP contribution in [0.2, 0.25) is 13.1 Å². The van der Waals surface area contributed by atoms with Crippen LogP contribution in [0.3, 0.4) is 0 Å². The van der Waals surface area contributed by atoms with Gasteiger partial charge in [-0.05, 0) is 47.9 Å². The van der Waals surface area contributed by atoms with Crippen LogP contribution in [0.5, 0.6) is 5.75 Å². The Hall–Kier alpha value is -2.52. The SMILES string of the molecule is C=CCOc1c(-c2ccccc2)cc(C)cc1[Si](C)(C)C1=C(N(C)C)C=C(C)C1C. The lowest BCUT2D eigenvalue weighted by molar-refractivity contribution is 0.367. The summed E-state index contributed by atoms with van der Waals surface area (Å²) in [6.07, 6.45) is 4.20. The maximum Gasteiger partial charge on any atom is 0.127 e. The highest BCUT2D eigenvalue weighted by Crippen LogP contribution is 2.40. The van der Waals surface area contributed by atoms with Gasteiger partial charge in [-0.15, -0.1) is 0 Å². The zero-order chi connectivity index (χ0) is 22.1. The van der Waals surface area contributed by atoms with Crippen molar-refractivity contribution in [3.05, 3.63) is 83.2 Å². The van der Waals surface area contributed by atoms with Gasteiger partial charge in [-0.2, -0.15) is 0 Å². The van der Waals surface area contributed by atoms with Crippen LogP contribution in [0, 0.1) is 12.8 Å². The summed E-state index contributed by atoms with van der Waals surface area (Å²) in [6, 6.07) is 15.2. The Morgan fingerprint density at radius 1 is 1.10 bits per heavy atom. The Kier molecular flexibility index (Phi) is 6.42. The maximum absolute atomic E-state index is 6.39. The molecule has 0 heterocycles. The highest BCUT2D eigenvalue weighted by Gasteiger charge is 2.40. The Balaban J connectivity index is 2.28. The molecule has 1 aliphatic rings. The van der Waals surface area contributed by atoms with E-state index in [-0.39, 0.29) is 0 Å². The summed E-state index contributed by atoms with van der Waals surface area (Å²) in [5, 5.41) is 2.95. The Labute approximate surface area is 183 Å². The molecule has 2 aromatic carbocycles. The van der Waals surface area contributed by atoms with Gasteiger partial charge in [0.15, 0.2) is 0 Å². The van der Waals surface area contributed by atoms with Crippen molar-refractivity contribution in [1.29, 1.82) is 0 Å². The summed E-state index contributed by atoms with van der Waals surface area (Å²) < 4.78 is 6.39. The van der Waals surface area contributed by atoms with Crippen molar-refractivity contribution in [2.75, 3.05) is 20.7 Å². The third-order valence-corrected chi connectivity index (χ3v) is 10.0. The van der Waals surface area contributed by atoms with Crippen LogP contribution in [0.25, 0.3) is 11.1 Å². The number of rotatable bonds is 7. The third kappa shape index (κ3) is 4.04. The van der Waals surface area contributed by atoms with Crippen LogP contribution in [-0.2, 0) is 0 Å². The normalized spacial score (nSPS) is 16.5. The van der Waals surface area contributed by atoms with Gasteiger partial charge in [0.1, 0.15) is 20.4 Å². The van der Waals surface area contributed by atoms with E-state index in [1.165, 1.54) is 33.1 Å². The predicted octanol–water partition coefficient (Wildman–Crippen LogP) is 6.09.